The predicted molar refractivity (Wildman–Crippen MR) is 85.6 cm³/mol. The van der Waals surface area contributed by atoms with Crippen LogP contribution in [0.3, 0.4) is 0 Å². The molecule has 9 heteroatoms. The molecule has 3 rings (SSSR count). The number of fused-ring (bicyclic) bond motifs is 1. The van der Waals surface area contributed by atoms with Gasteiger partial charge in [-0.15, -0.1) is 0 Å². The number of hydrogen-bond donors (Lipinski definition) is 2. The molecule has 2 aromatic rings. The first-order valence-electron chi connectivity index (χ1n) is 7.31. The van der Waals surface area contributed by atoms with Crippen LogP contribution in [-0.2, 0) is 19.0 Å². The maximum absolute atomic E-state index is 13.5. The van der Waals surface area contributed by atoms with Crippen LogP contribution in [0, 0.1) is 5.82 Å². The molecule has 1 aromatic heterocycles. The van der Waals surface area contributed by atoms with Gasteiger partial charge in [0.25, 0.3) is 0 Å². The van der Waals surface area contributed by atoms with Crippen LogP contribution in [0.15, 0.2) is 18.2 Å². The number of halogens is 4. The molecule has 0 unspecified atom stereocenters. The summed E-state index contributed by atoms with van der Waals surface area (Å²) in [6.07, 6.45) is -2.28. The highest BCUT2D eigenvalue weighted by Crippen LogP contribution is 2.37. The largest absolute Gasteiger partial charge is 0.435 e. The molecule has 0 bridgehead atoms. The van der Waals surface area contributed by atoms with E-state index in [-0.39, 0.29) is 22.1 Å². The van der Waals surface area contributed by atoms with Crippen molar-refractivity contribution >= 4 is 23.0 Å². The quantitative estimate of drug-likeness (QED) is 0.637. The number of nitrogens with zero attached hydrogens (tertiary/aromatic N) is 2. The summed E-state index contributed by atoms with van der Waals surface area (Å²) in [5, 5.41) is 6.26. The van der Waals surface area contributed by atoms with E-state index in [1.807, 2.05) is 0 Å². The smallest absolute Gasteiger partial charge is 0.376 e. The zero-order chi connectivity index (χ0) is 17.5. The summed E-state index contributed by atoms with van der Waals surface area (Å²) in [6.45, 7) is 0. The molecule has 1 heterocycles. The molecule has 1 aliphatic rings. The number of anilines is 1. The van der Waals surface area contributed by atoms with Gasteiger partial charge in [-0.2, -0.15) is 18.3 Å². The Balaban J connectivity index is 2.20. The molecule has 0 fully saturated rings. The Hall–Kier alpha value is -2.16. The summed E-state index contributed by atoms with van der Waals surface area (Å²) < 4.78 is 54.6. The van der Waals surface area contributed by atoms with Gasteiger partial charge in [0.2, 0.25) is 0 Å². The number of aromatic nitrogens is 2. The average Bonchev–Trinajstić information content (AvgIpc) is 2.86. The topological polar surface area (TPSA) is 55.9 Å². The molecule has 0 amide bonds. The molecule has 3 N–H and O–H groups in total. The number of nitrogens with two attached hydrogens (primary N) is 1. The first-order chi connectivity index (χ1) is 11.3. The third kappa shape index (κ3) is 3.08. The standard InChI is InChI=1S/C15H14F4N4S/c16-8-5-6-12(10(7-8)21-14(20)24)23-11-4-2-1-3-9(11)13(22-23)15(17,18)19/h5-7H,1-4H2,(H3,20,21,24). The summed E-state index contributed by atoms with van der Waals surface area (Å²) in [4.78, 5) is 0. The number of hydrogen-bond acceptors (Lipinski definition) is 2. The van der Waals surface area contributed by atoms with Gasteiger partial charge in [-0.1, -0.05) is 0 Å². The van der Waals surface area contributed by atoms with Crippen LogP contribution in [0.1, 0.15) is 29.8 Å². The van der Waals surface area contributed by atoms with E-state index in [0.717, 1.165) is 18.6 Å². The lowest BCUT2D eigenvalue weighted by molar-refractivity contribution is -0.142. The van der Waals surface area contributed by atoms with Gasteiger partial charge in [-0.3, -0.25) is 0 Å². The van der Waals surface area contributed by atoms with E-state index in [0.29, 0.717) is 25.0 Å². The molecule has 0 aliphatic heterocycles. The maximum Gasteiger partial charge on any atom is 0.435 e. The fourth-order valence-corrected chi connectivity index (χ4v) is 3.06. The lowest BCUT2D eigenvalue weighted by Crippen LogP contribution is -2.21. The Bertz CT molecular complexity index is 798. The second kappa shape index (κ2) is 6.04. The van der Waals surface area contributed by atoms with E-state index in [1.54, 1.807) is 0 Å². The van der Waals surface area contributed by atoms with Crippen molar-refractivity contribution in [2.24, 2.45) is 5.73 Å². The van der Waals surface area contributed by atoms with Crippen molar-refractivity contribution in [1.82, 2.24) is 9.78 Å². The second-order valence-corrected chi connectivity index (χ2v) is 5.98. The van der Waals surface area contributed by atoms with Gasteiger partial charge >= 0.3 is 6.18 Å². The van der Waals surface area contributed by atoms with Crippen molar-refractivity contribution in [2.45, 2.75) is 31.9 Å². The van der Waals surface area contributed by atoms with Crippen molar-refractivity contribution in [1.29, 1.82) is 0 Å². The van der Waals surface area contributed by atoms with Crippen LogP contribution in [0.2, 0.25) is 0 Å². The van der Waals surface area contributed by atoms with Crippen LogP contribution >= 0.6 is 12.2 Å². The van der Waals surface area contributed by atoms with E-state index in [4.69, 9.17) is 18.0 Å². The third-order valence-corrected chi connectivity index (χ3v) is 4.00. The SMILES string of the molecule is NC(=S)Nc1cc(F)ccc1-n1nc(C(F)(F)F)c2c1CCCC2. The second-order valence-electron chi connectivity index (χ2n) is 5.54. The van der Waals surface area contributed by atoms with Gasteiger partial charge in [0.1, 0.15) is 5.82 Å². The molecule has 0 saturated heterocycles. The van der Waals surface area contributed by atoms with Crippen LogP contribution in [0.4, 0.5) is 23.2 Å². The summed E-state index contributed by atoms with van der Waals surface area (Å²) in [7, 11) is 0. The first kappa shape index (κ1) is 16.7. The number of benzene rings is 1. The van der Waals surface area contributed by atoms with E-state index < -0.39 is 17.7 Å². The molecular weight excluding hydrogens is 344 g/mol. The lowest BCUT2D eigenvalue weighted by atomic mass is 9.95. The highest BCUT2D eigenvalue weighted by atomic mass is 32.1. The van der Waals surface area contributed by atoms with Crippen molar-refractivity contribution in [3.8, 4) is 5.69 Å². The Morgan fingerprint density at radius 3 is 2.62 bits per heavy atom. The predicted octanol–water partition coefficient (Wildman–Crippen LogP) is 3.56. The van der Waals surface area contributed by atoms with Crippen LogP contribution in [0.25, 0.3) is 5.69 Å². The van der Waals surface area contributed by atoms with Gasteiger partial charge in [0, 0.05) is 11.3 Å². The minimum Gasteiger partial charge on any atom is -0.376 e. The zero-order valence-corrected chi connectivity index (χ0v) is 13.3. The number of nitrogens with one attached hydrogen (secondary N) is 1. The molecule has 4 nitrogen and oxygen atoms in total. The van der Waals surface area contributed by atoms with Gasteiger partial charge in [-0.05, 0) is 56.1 Å². The van der Waals surface area contributed by atoms with Gasteiger partial charge in [0.05, 0.1) is 11.4 Å². The molecule has 24 heavy (non-hydrogen) atoms. The van der Waals surface area contributed by atoms with Crippen LogP contribution < -0.4 is 11.1 Å². The van der Waals surface area contributed by atoms with Crippen molar-refractivity contribution in [2.75, 3.05) is 5.32 Å². The molecular formula is C15H14F4N4S. The van der Waals surface area contributed by atoms with Crippen LogP contribution in [-0.4, -0.2) is 14.9 Å². The van der Waals surface area contributed by atoms with E-state index in [2.05, 4.69) is 10.4 Å². The number of alkyl halides is 3. The molecule has 0 saturated carbocycles. The Kier molecular flexibility index (Phi) is 4.20. The minimum absolute atomic E-state index is 0.112. The molecule has 0 atom stereocenters. The highest BCUT2D eigenvalue weighted by molar-refractivity contribution is 7.80. The zero-order valence-electron chi connectivity index (χ0n) is 12.5. The monoisotopic (exact) mass is 358 g/mol. The number of thiocarbonyl (C=S) groups is 1. The lowest BCUT2D eigenvalue weighted by Gasteiger charge is -2.17. The van der Waals surface area contributed by atoms with E-state index in [1.165, 1.54) is 10.7 Å². The Morgan fingerprint density at radius 1 is 1.25 bits per heavy atom. The first-order valence-corrected chi connectivity index (χ1v) is 7.72. The number of rotatable bonds is 2. The van der Waals surface area contributed by atoms with Crippen molar-refractivity contribution in [3.63, 3.8) is 0 Å². The summed E-state index contributed by atoms with van der Waals surface area (Å²) >= 11 is 4.75. The van der Waals surface area contributed by atoms with Gasteiger partial charge in [0.15, 0.2) is 10.8 Å². The third-order valence-electron chi connectivity index (χ3n) is 3.89. The average molecular weight is 358 g/mol. The van der Waals surface area contributed by atoms with Crippen molar-refractivity contribution in [3.05, 3.63) is 41.0 Å². The Morgan fingerprint density at radius 2 is 1.96 bits per heavy atom. The molecule has 128 valence electrons. The van der Waals surface area contributed by atoms with Gasteiger partial charge < -0.3 is 11.1 Å². The van der Waals surface area contributed by atoms with E-state index in [9.17, 15) is 17.6 Å². The van der Waals surface area contributed by atoms with Crippen LogP contribution in [0.5, 0.6) is 0 Å². The van der Waals surface area contributed by atoms with Crippen molar-refractivity contribution < 1.29 is 17.6 Å². The fourth-order valence-electron chi connectivity index (χ4n) is 2.95. The Labute approximate surface area is 140 Å². The molecule has 1 aliphatic carbocycles. The summed E-state index contributed by atoms with van der Waals surface area (Å²) in [5.74, 6) is -0.561. The summed E-state index contributed by atoms with van der Waals surface area (Å²) in [6, 6.07) is 3.64. The molecule has 0 radical (unpaired) electrons. The van der Waals surface area contributed by atoms with Gasteiger partial charge in [-0.25, -0.2) is 9.07 Å². The maximum atomic E-state index is 13.5. The molecule has 1 aromatic carbocycles. The molecule has 0 spiro atoms. The fraction of sp³-hybridized carbons (Fsp3) is 0.333. The summed E-state index contributed by atoms with van der Waals surface area (Å²) in [5.41, 5.74) is 5.68. The minimum atomic E-state index is -4.54. The van der Waals surface area contributed by atoms with E-state index >= 15 is 0 Å². The normalized spacial score (nSPS) is 14.3. The highest BCUT2D eigenvalue weighted by Gasteiger charge is 2.39.